The average molecular weight is 310 g/mol. The number of carbonyl (C=O) groups excluding carboxylic acids is 2. The number of ether oxygens (including phenoxy) is 1. The van der Waals surface area contributed by atoms with E-state index in [4.69, 9.17) is 16.3 Å². The van der Waals surface area contributed by atoms with Gasteiger partial charge in [0.25, 0.3) is 11.8 Å². The molecule has 112 valence electrons. The molecular formula is C15H16ClNO4. The van der Waals surface area contributed by atoms with E-state index in [1.807, 2.05) is 6.92 Å². The summed E-state index contributed by atoms with van der Waals surface area (Å²) in [5.74, 6) is -1.67. The zero-order valence-electron chi connectivity index (χ0n) is 11.6. The molecule has 1 heterocycles. The number of amides is 2. The Morgan fingerprint density at radius 1 is 1.19 bits per heavy atom. The van der Waals surface area contributed by atoms with E-state index in [9.17, 15) is 14.7 Å². The maximum atomic E-state index is 12.3. The van der Waals surface area contributed by atoms with Gasteiger partial charge in [0.05, 0.1) is 5.57 Å². The molecule has 0 saturated carbocycles. The largest absolute Gasteiger partial charge is 0.502 e. The highest BCUT2D eigenvalue weighted by atomic mass is 35.5. The van der Waals surface area contributed by atoms with Gasteiger partial charge in [0.1, 0.15) is 0 Å². The van der Waals surface area contributed by atoms with E-state index < -0.39 is 17.6 Å². The normalized spacial score (nSPS) is 15.2. The summed E-state index contributed by atoms with van der Waals surface area (Å²) >= 11 is 5.79. The van der Waals surface area contributed by atoms with E-state index in [-0.39, 0.29) is 12.1 Å². The molecule has 2 rings (SSSR count). The van der Waals surface area contributed by atoms with Gasteiger partial charge in [0.15, 0.2) is 5.76 Å². The fourth-order valence-corrected chi connectivity index (χ4v) is 2.24. The van der Waals surface area contributed by atoms with Crippen molar-refractivity contribution < 1.29 is 19.4 Å². The molecule has 0 saturated heterocycles. The summed E-state index contributed by atoms with van der Waals surface area (Å²) in [5, 5.41) is 10.4. The average Bonchev–Trinajstić information content (AvgIpc) is 2.68. The van der Waals surface area contributed by atoms with Crippen molar-refractivity contribution in [3.8, 4) is 0 Å². The molecule has 0 aromatic heterocycles. The highest BCUT2D eigenvalue weighted by molar-refractivity contribution is 6.35. The molecule has 1 aromatic rings. The molecular weight excluding hydrogens is 294 g/mol. The van der Waals surface area contributed by atoms with Crippen LogP contribution in [0.25, 0.3) is 5.57 Å². The van der Waals surface area contributed by atoms with Gasteiger partial charge in [-0.3, -0.25) is 14.5 Å². The Balaban J connectivity index is 2.14. The van der Waals surface area contributed by atoms with Crippen LogP contribution in [0.15, 0.2) is 30.0 Å². The standard InChI is InChI=1S/C15H16ClNO4/c1-2-21-9-3-8-17-14(19)12(13(18)15(17)20)10-4-6-11(16)7-5-10/h4-7,18H,2-3,8-9H2,1H3. The van der Waals surface area contributed by atoms with Crippen LogP contribution in [0, 0.1) is 0 Å². The Morgan fingerprint density at radius 2 is 1.86 bits per heavy atom. The molecule has 21 heavy (non-hydrogen) atoms. The molecule has 0 fully saturated rings. The van der Waals surface area contributed by atoms with Gasteiger partial charge in [0.2, 0.25) is 0 Å². The summed E-state index contributed by atoms with van der Waals surface area (Å²) in [4.78, 5) is 25.3. The first-order valence-corrected chi connectivity index (χ1v) is 7.07. The van der Waals surface area contributed by atoms with Crippen molar-refractivity contribution in [2.45, 2.75) is 13.3 Å². The van der Waals surface area contributed by atoms with Gasteiger partial charge >= 0.3 is 0 Å². The predicted octanol–water partition coefficient (Wildman–Crippen LogP) is 2.40. The predicted molar refractivity (Wildman–Crippen MR) is 78.8 cm³/mol. The molecule has 1 aromatic carbocycles. The molecule has 1 aliphatic rings. The lowest BCUT2D eigenvalue weighted by Crippen LogP contribution is -2.33. The second-order valence-electron chi connectivity index (χ2n) is 4.54. The first kappa shape index (κ1) is 15.5. The number of hydrogen-bond acceptors (Lipinski definition) is 4. The van der Waals surface area contributed by atoms with Gasteiger partial charge in [-0.25, -0.2) is 0 Å². The minimum absolute atomic E-state index is 0.0214. The summed E-state index contributed by atoms with van der Waals surface area (Å²) in [7, 11) is 0. The monoisotopic (exact) mass is 309 g/mol. The lowest BCUT2D eigenvalue weighted by atomic mass is 10.1. The van der Waals surface area contributed by atoms with Crippen molar-refractivity contribution in [2.24, 2.45) is 0 Å². The molecule has 1 N–H and O–H groups in total. The van der Waals surface area contributed by atoms with Crippen LogP contribution in [0.5, 0.6) is 0 Å². The van der Waals surface area contributed by atoms with E-state index in [1.165, 1.54) is 0 Å². The van der Waals surface area contributed by atoms with Crippen molar-refractivity contribution in [3.63, 3.8) is 0 Å². The van der Waals surface area contributed by atoms with Crippen LogP contribution in [0.1, 0.15) is 18.9 Å². The third-order valence-electron chi connectivity index (χ3n) is 3.15. The summed E-state index contributed by atoms with van der Waals surface area (Å²) in [6, 6.07) is 6.41. The van der Waals surface area contributed by atoms with Crippen molar-refractivity contribution in [3.05, 3.63) is 40.6 Å². The Kier molecular flexibility index (Phi) is 4.98. The zero-order chi connectivity index (χ0) is 15.4. The maximum Gasteiger partial charge on any atom is 0.296 e. The van der Waals surface area contributed by atoms with Gasteiger partial charge in [-0.05, 0) is 31.0 Å². The van der Waals surface area contributed by atoms with Crippen LogP contribution in [0.2, 0.25) is 5.02 Å². The van der Waals surface area contributed by atoms with Crippen LogP contribution in [0.4, 0.5) is 0 Å². The van der Waals surface area contributed by atoms with Gasteiger partial charge in [-0.2, -0.15) is 0 Å². The molecule has 0 unspecified atom stereocenters. The second kappa shape index (κ2) is 6.74. The fraction of sp³-hybridized carbons (Fsp3) is 0.333. The Bertz CT molecular complexity index is 580. The summed E-state index contributed by atoms with van der Waals surface area (Å²) in [6.45, 7) is 3.14. The van der Waals surface area contributed by atoms with Crippen LogP contribution in [0.3, 0.4) is 0 Å². The molecule has 0 radical (unpaired) electrons. The van der Waals surface area contributed by atoms with Crippen molar-refractivity contribution in [1.82, 2.24) is 4.90 Å². The lowest BCUT2D eigenvalue weighted by Gasteiger charge is -2.14. The number of aliphatic hydroxyl groups is 1. The smallest absolute Gasteiger partial charge is 0.296 e. The highest BCUT2D eigenvalue weighted by Gasteiger charge is 2.38. The van der Waals surface area contributed by atoms with Crippen LogP contribution >= 0.6 is 11.6 Å². The van der Waals surface area contributed by atoms with Crippen LogP contribution in [-0.4, -0.2) is 41.6 Å². The van der Waals surface area contributed by atoms with Crippen molar-refractivity contribution in [1.29, 1.82) is 0 Å². The highest BCUT2D eigenvalue weighted by Crippen LogP contribution is 2.28. The van der Waals surface area contributed by atoms with E-state index >= 15 is 0 Å². The van der Waals surface area contributed by atoms with E-state index in [2.05, 4.69) is 0 Å². The Labute approximate surface area is 127 Å². The Hall–Kier alpha value is -1.85. The van der Waals surface area contributed by atoms with Crippen molar-refractivity contribution in [2.75, 3.05) is 19.8 Å². The lowest BCUT2D eigenvalue weighted by molar-refractivity contribution is -0.138. The van der Waals surface area contributed by atoms with E-state index in [0.29, 0.717) is 30.2 Å². The first-order valence-electron chi connectivity index (χ1n) is 6.69. The molecule has 2 amide bonds. The molecule has 1 aliphatic heterocycles. The second-order valence-corrected chi connectivity index (χ2v) is 4.98. The number of nitrogens with zero attached hydrogens (tertiary/aromatic N) is 1. The molecule has 0 atom stereocenters. The molecule has 0 bridgehead atoms. The molecule has 0 aliphatic carbocycles. The fourth-order valence-electron chi connectivity index (χ4n) is 2.11. The number of rotatable bonds is 6. The molecule has 5 nitrogen and oxygen atoms in total. The van der Waals surface area contributed by atoms with Crippen LogP contribution < -0.4 is 0 Å². The van der Waals surface area contributed by atoms with Gasteiger partial charge in [-0.1, -0.05) is 23.7 Å². The number of hydrogen-bond donors (Lipinski definition) is 1. The summed E-state index contributed by atoms with van der Waals surface area (Å²) in [6.07, 6.45) is 0.534. The third kappa shape index (κ3) is 3.25. The number of imide groups is 1. The third-order valence-corrected chi connectivity index (χ3v) is 3.40. The van der Waals surface area contributed by atoms with Gasteiger partial charge < -0.3 is 9.84 Å². The number of aliphatic hydroxyl groups excluding tert-OH is 1. The minimum atomic E-state index is -0.665. The van der Waals surface area contributed by atoms with E-state index in [1.54, 1.807) is 24.3 Å². The number of carbonyl (C=O) groups is 2. The Morgan fingerprint density at radius 3 is 2.48 bits per heavy atom. The minimum Gasteiger partial charge on any atom is -0.502 e. The van der Waals surface area contributed by atoms with Crippen molar-refractivity contribution >= 4 is 29.0 Å². The molecule has 6 heteroatoms. The van der Waals surface area contributed by atoms with Gasteiger partial charge in [0, 0.05) is 24.8 Å². The summed E-state index contributed by atoms with van der Waals surface area (Å²) < 4.78 is 5.18. The number of halogens is 1. The molecule has 0 spiro atoms. The topological polar surface area (TPSA) is 66.8 Å². The van der Waals surface area contributed by atoms with Gasteiger partial charge in [-0.15, -0.1) is 0 Å². The zero-order valence-corrected chi connectivity index (χ0v) is 12.4. The summed E-state index contributed by atoms with van der Waals surface area (Å²) in [5.41, 5.74) is 0.496. The maximum absolute atomic E-state index is 12.3. The first-order chi connectivity index (χ1) is 10.1. The SMILES string of the molecule is CCOCCCN1C(=O)C(O)=C(c2ccc(Cl)cc2)C1=O. The van der Waals surface area contributed by atoms with Crippen LogP contribution in [-0.2, 0) is 14.3 Å². The van der Waals surface area contributed by atoms with E-state index in [0.717, 1.165) is 4.90 Å². The quantitative estimate of drug-likeness (QED) is 0.647. The number of benzene rings is 1.